The smallest absolute Gasteiger partial charge is 0.209 e. The number of unbranched alkanes of at least 4 members (excludes halogenated alkanes) is 1. The monoisotopic (exact) mass is 387 g/mol. The maximum Gasteiger partial charge on any atom is 0.209 e. The summed E-state index contributed by atoms with van der Waals surface area (Å²) in [6.07, 6.45) is 12.7. The van der Waals surface area contributed by atoms with Gasteiger partial charge in [0.2, 0.25) is 6.41 Å². The predicted molar refractivity (Wildman–Crippen MR) is 113 cm³/mol. The molecule has 0 aromatic carbocycles. The Balaban J connectivity index is 0.000000640. The van der Waals surface area contributed by atoms with Gasteiger partial charge in [0.1, 0.15) is 18.0 Å². The first-order valence-corrected chi connectivity index (χ1v) is 10.2. The Morgan fingerprint density at radius 2 is 1.93 bits per heavy atom. The number of carbonyl (C=O) groups is 1. The van der Waals surface area contributed by atoms with Gasteiger partial charge >= 0.3 is 0 Å². The molecule has 1 fully saturated rings. The lowest BCUT2D eigenvalue weighted by atomic mass is 10.0. The number of nitrogens with one attached hydrogen (secondary N) is 1. The summed E-state index contributed by atoms with van der Waals surface area (Å²) >= 11 is 0. The highest BCUT2D eigenvalue weighted by Crippen LogP contribution is 2.17. The van der Waals surface area contributed by atoms with Gasteiger partial charge in [-0.2, -0.15) is 0 Å². The number of aromatic nitrogens is 2. The molecule has 1 aromatic rings. The highest BCUT2D eigenvalue weighted by atomic mass is 16.3. The van der Waals surface area contributed by atoms with Crippen LogP contribution in [0.1, 0.15) is 39.5 Å². The number of allylic oxidation sites excluding steroid dienone is 2. The molecule has 2 aliphatic rings. The molecule has 0 radical (unpaired) electrons. The highest BCUT2D eigenvalue weighted by Gasteiger charge is 2.17. The molecule has 0 spiro atoms. The van der Waals surface area contributed by atoms with Crippen molar-refractivity contribution in [3.05, 3.63) is 36.2 Å². The van der Waals surface area contributed by atoms with Crippen LogP contribution in [0.5, 0.6) is 0 Å². The van der Waals surface area contributed by atoms with Crippen molar-refractivity contribution in [1.82, 2.24) is 14.9 Å². The van der Waals surface area contributed by atoms with Gasteiger partial charge in [0.15, 0.2) is 0 Å². The Kier molecular flexibility index (Phi) is 9.48. The van der Waals surface area contributed by atoms with Gasteiger partial charge in [-0.3, -0.25) is 4.79 Å². The molecule has 2 N–H and O–H groups in total. The predicted octanol–water partition coefficient (Wildman–Crippen LogP) is 2.61. The van der Waals surface area contributed by atoms with Crippen LogP contribution in [0.4, 0.5) is 11.6 Å². The van der Waals surface area contributed by atoms with E-state index in [0.29, 0.717) is 25.5 Å². The molecule has 1 atom stereocenters. The fourth-order valence-electron chi connectivity index (χ4n) is 2.87. The summed E-state index contributed by atoms with van der Waals surface area (Å²) in [5, 5.41) is 13.4. The van der Waals surface area contributed by atoms with Crippen molar-refractivity contribution in [2.45, 2.75) is 45.6 Å². The second kappa shape index (κ2) is 12.1. The minimum absolute atomic E-state index is 0.408. The molecule has 1 aliphatic heterocycles. The van der Waals surface area contributed by atoms with E-state index in [1.54, 1.807) is 4.90 Å². The van der Waals surface area contributed by atoms with Crippen molar-refractivity contribution in [1.29, 1.82) is 0 Å². The fourth-order valence-corrected chi connectivity index (χ4v) is 2.87. The van der Waals surface area contributed by atoms with E-state index in [4.69, 9.17) is 0 Å². The highest BCUT2D eigenvalue weighted by molar-refractivity contribution is 5.51. The second-order valence-electron chi connectivity index (χ2n) is 6.97. The molecule has 1 aliphatic carbocycles. The quantitative estimate of drug-likeness (QED) is 0.700. The van der Waals surface area contributed by atoms with Crippen LogP contribution in [0.25, 0.3) is 0 Å². The molecule has 1 aromatic heterocycles. The van der Waals surface area contributed by atoms with Crippen LogP contribution in [0.15, 0.2) is 36.2 Å². The average molecular weight is 388 g/mol. The van der Waals surface area contributed by atoms with Crippen molar-refractivity contribution in [2.75, 3.05) is 42.9 Å². The first kappa shape index (κ1) is 21.9. The third-order valence-electron chi connectivity index (χ3n) is 4.82. The summed E-state index contributed by atoms with van der Waals surface area (Å²) in [6, 6.07) is 1.88. The number of rotatable bonds is 7. The van der Waals surface area contributed by atoms with Gasteiger partial charge in [0.05, 0.1) is 6.10 Å². The molecule has 1 unspecified atom stereocenters. The van der Waals surface area contributed by atoms with Crippen molar-refractivity contribution in [3.8, 4) is 0 Å². The van der Waals surface area contributed by atoms with Crippen LogP contribution >= 0.6 is 0 Å². The summed E-state index contributed by atoms with van der Waals surface area (Å²) in [7, 11) is 0. The van der Waals surface area contributed by atoms with Gasteiger partial charge in [0, 0.05) is 38.8 Å². The number of aliphatic hydroxyl groups excluding tert-OH is 1. The molecule has 2 heterocycles. The zero-order chi connectivity index (χ0) is 20.2. The van der Waals surface area contributed by atoms with Crippen molar-refractivity contribution in [2.24, 2.45) is 0 Å². The Hall–Kier alpha value is -2.41. The summed E-state index contributed by atoms with van der Waals surface area (Å²) in [4.78, 5) is 23.2. The van der Waals surface area contributed by atoms with Crippen LogP contribution in [0.3, 0.4) is 0 Å². The normalized spacial score (nSPS) is 17.3. The van der Waals surface area contributed by atoms with Crippen LogP contribution in [-0.4, -0.2) is 65.2 Å². The summed E-state index contributed by atoms with van der Waals surface area (Å²) in [5.41, 5.74) is 0.952. The SMILES string of the molecule is CCCC.O=CN1CCN(c2cc(NCC(O)C3=CCCC=C3)ncn2)CC1. The van der Waals surface area contributed by atoms with E-state index in [1.807, 2.05) is 12.1 Å². The average Bonchev–Trinajstić information content (AvgIpc) is 2.78. The van der Waals surface area contributed by atoms with E-state index >= 15 is 0 Å². The molecule has 0 bridgehead atoms. The molecular formula is C21H33N5O2. The zero-order valence-corrected chi connectivity index (χ0v) is 17.0. The Morgan fingerprint density at radius 3 is 2.54 bits per heavy atom. The zero-order valence-electron chi connectivity index (χ0n) is 17.0. The topological polar surface area (TPSA) is 81.6 Å². The second-order valence-corrected chi connectivity index (χ2v) is 6.97. The number of aliphatic hydroxyl groups is 1. The number of hydrogen-bond donors (Lipinski definition) is 2. The molecule has 0 saturated carbocycles. The van der Waals surface area contributed by atoms with Crippen LogP contribution in [0, 0.1) is 0 Å². The van der Waals surface area contributed by atoms with E-state index in [2.05, 4.69) is 46.2 Å². The van der Waals surface area contributed by atoms with Crippen molar-refractivity contribution >= 4 is 18.0 Å². The Morgan fingerprint density at radius 1 is 1.18 bits per heavy atom. The Bertz CT molecular complexity index is 652. The molecule has 1 amide bonds. The molecular weight excluding hydrogens is 354 g/mol. The van der Waals surface area contributed by atoms with Gasteiger partial charge < -0.3 is 20.2 Å². The van der Waals surface area contributed by atoms with Crippen LogP contribution < -0.4 is 10.2 Å². The number of amides is 1. The van der Waals surface area contributed by atoms with E-state index in [-0.39, 0.29) is 0 Å². The number of hydrogen-bond acceptors (Lipinski definition) is 6. The molecule has 3 rings (SSSR count). The number of carbonyl (C=O) groups excluding carboxylic acids is 1. The van der Waals surface area contributed by atoms with Gasteiger partial charge in [0.25, 0.3) is 0 Å². The van der Waals surface area contributed by atoms with Crippen LogP contribution in [0.2, 0.25) is 0 Å². The van der Waals surface area contributed by atoms with Gasteiger partial charge in [-0.05, 0) is 18.4 Å². The van der Waals surface area contributed by atoms with Gasteiger partial charge in [-0.15, -0.1) is 0 Å². The van der Waals surface area contributed by atoms with E-state index in [9.17, 15) is 9.90 Å². The van der Waals surface area contributed by atoms with Crippen LogP contribution in [-0.2, 0) is 4.79 Å². The maximum atomic E-state index is 10.8. The van der Waals surface area contributed by atoms with E-state index in [0.717, 1.165) is 43.7 Å². The largest absolute Gasteiger partial charge is 0.387 e. The summed E-state index contributed by atoms with van der Waals surface area (Å²) < 4.78 is 0. The van der Waals surface area contributed by atoms with Gasteiger partial charge in [-0.25, -0.2) is 9.97 Å². The van der Waals surface area contributed by atoms with Gasteiger partial charge in [-0.1, -0.05) is 44.9 Å². The molecule has 1 saturated heterocycles. The number of anilines is 2. The molecule has 7 nitrogen and oxygen atoms in total. The molecule has 28 heavy (non-hydrogen) atoms. The van der Waals surface area contributed by atoms with Crippen molar-refractivity contribution in [3.63, 3.8) is 0 Å². The Labute approximate surface area is 168 Å². The minimum Gasteiger partial charge on any atom is -0.387 e. The lowest BCUT2D eigenvalue weighted by Gasteiger charge is -2.33. The third-order valence-corrected chi connectivity index (χ3v) is 4.82. The first-order valence-electron chi connectivity index (χ1n) is 10.2. The summed E-state index contributed by atoms with van der Waals surface area (Å²) in [6.45, 7) is 7.70. The number of nitrogens with zero attached hydrogens (tertiary/aromatic N) is 4. The standard InChI is InChI=1S/C17H23N5O2.C4H10/c23-13-21-6-8-22(9-7-21)17-10-16(19-12-20-17)18-11-15(24)14-4-2-1-3-5-14;1-3-4-2/h2,4-5,10,12-13,15,24H,1,3,6-9,11H2,(H,18,19,20);3-4H2,1-2H3. The lowest BCUT2D eigenvalue weighted by molar-refractivity contribution is -0.118. The van der Waals surface area contributed by atoms with E-state index < -0.39 is 6.10 Å². The maximum absolute atomic E-state index is 10.8. The number of piperazine rings is 1. The fraction of sp³-hybridized carbons (Fsp3) is 0.571. The lowest BCUT2D eigenvalue weighted by Crippen LogP contribution is -2.46. The molecule has 7 heteroatoms. The third kappa shape index (κ3) is 6.96. The van der Waals surface area contributed by atoms with E-state index in [1.165, 1.54) is 19.2 Å². The first-order chi connectivity index (χ1) is 13.7. The minimum atomic E-state index is -0.545. The van der Waals surface area contributed by atoms with Crippen molar-refractivity contribution < 1.29 is 9.90 Å². The summed E-state index contributed by atoms with van der Waals surface area (Å²) in [5.74, 6) is 1.53. The molecule has 154 valence electrons.